The molecule has 4 rings (SSSR count). The maximum atomic E-state index is 12.0. The number of rotatable bonds is 2. The van der Waals surface area contributed by atoms with E-state index in [-0.39, 0.29) is 22.7 Å². The van der Waals surface area contributed by atoms with Crippen LogP contribution in [0.2, 0.25) is 0 Å². The van der Waals surface area contributed by atoms with Crippen molar-refractivity contribution in [3.8, 4) is 5.75 Å². The molecule has 0 bridgehead atoms. The van der Waals surface area contributed by atoms with Gasteiger partial charge in [-0.2, -0.15) is 0 Å². The van der Waals surface area contributed by atoms with Crippen molar-refractivity contribution in [3.05, 3.63) is 75.4 Å². The summed E-state index contributed by atoms with van der Waals surface area (Å²) in [7, 11) is 0. The van der Waals surface area contributed by atoms with Crippen molar-refractivity contribution in [2.24, 2.45) is 10.2 Å². The van der Waals surface area contributed by atoms with Gasteiger partial charge >= 0.3 is 11.3 Å². The summed E-state index contributed by atoms with van der Waals surface area (Å²) in [6.45, 7) is 0. The number of aromatic hydroxyl groups is 1. The summed E-state index contributed by atoms with van der Waals surface area (Å²) in [5.41, 5.74) is -1.39. The molecule has 0 aliphatic rings. The highest BCUT2D eigenvalue weighted by molar-refractivity contribution is 5.87. The third-order valence-electron chi connectivity index (χ3n) is 3.64. The molecule has 0 spiro atoms. The Labute approximate surface area is 139 Å². The highest BCUT2D eigenvalue weighted by Gasteiger charge is 2.13. The normalized spacial score (nSPS) is 11.5. The SMILES string of the molecule is O=c1oc2ccccc2cc1N=Nc1c(O)c2ccccc2oc1=O. The minimum absolute atomic E-state index is 0.0920. The molecule has 122 valence electrons. The van der Waals surface area contributed by atoms with Gasteiger partial charge in [0.2, 0.25) is 5.69 Å². The lowest BCUT2D eigenvalue weighted by molar-refractivity contribution is 0.469. The fraction of sp³-hybridized carbons (Fsp3) is 0. The summed E-state index contributed by atoms with van der Waals surface area (Å²) in [6.07, 6.45) is 0. The molecule has 2 aromatic carbocycles. The van der Waals surface area contributed by atoms with Crippen LogP contribution >= 0.6 is 0 Å². The number of hydrogen-bond acceptors (Lipinski definition) is 7. The molecule has 0 unspecified atom stereocenters. The Morgan fingerprint density at radius 2 is 1.48 bits per heavy atom. The van der Waals surface area contributed by atoms with Gasteiger partial charge in [-0.1, -0.05) is 30.3 Å². The monoisotopic (exact) mass is 334 g/mol. The van der Waals surface area contributed by atoms with Crippen LogP contribution in [-0.4, -0.2) is 5.11 Å². The van der Waals surface area contributed by atoms with Crippen LogP contribution in [0.3, 0.4) is 0 Å². The molecule has 7 nitrogen and oxygen atoms in total. The predicted octanol–water partition coefficient (Wildman–Crippen LogP) is 4.02. The molecule has 0 saturated heterocycles. The molecule has 4 aromatic rings. The summed E-state index contributed by atoms with van der Waals surface area (Å²) in [5.74, 6) is -0.360. The number of benzene rings is 2. The fourth-order valence-corrected chi connectivity index (χ4v) is 2.44. The first-order chi connectivity index (χ1) is 12.1. The maximum absolute atomic E-state index is 12.0. The van der Waals surface area contributed by atoms with Crippen LogP contribution in [0.25, 0.3) is 21.9 Å². The van der Waals surface area contributed by atoms with E-state index in [0.29, 0.717) is 16.4 Å². The zero-order chi connectivity index (χ0) is 17.4. The van der Waals surface area contributed by atoms with Crippen LogP contribution in [0.5, 0.6) is 5.75 Å². The zero-order valence-corrected chi connectivity index (χ0v) is 12.7. The van der Waals surface area contributed by atoms with Gasteiger partial charge in [0.1, 0.15) is 11.2 Å². The third kappa shape index (κ3) is 2.57. The van der Waals surface area contributed by atoms with Crippen molar-refractivity contribution in [1.82, 2.24) is 0 Å². The lowest BCUT2D eigenvalue weighted by Crippen LogP contribution is -1.99. The molecule has 0 radical (unpaired) electrons. The Morgan fingerprint density at radius 1 is 0.800 bits per heavy atom. The van der Waals surface area contributed by atoms with Gasteiger partial charge in [0.05, 0.1) is 5.39 Å². The second-order valence-corrected chi connectivity index (χ2v) is 5.24. The number of para-hydroxylation sites is 2. The molecular weight excluding hydrogens is 324 g/mol. The molecule has 0 saturated carbocycles. The molecule has 7 heteroatoms. The summed E-state index contributed by atoms with van der Waals surface area (Å²) < 4.78 is 10.2. The number of fused-ring (bicyclic) bond motifs is 2. The van der Waals surface area contributed by atoms with E-state index in [1.54, 1.807) is 48.5 Å². The molecule has 2 heterocycles. The largest absolute Gasteiger partial charge is 0.505 e. The number of hydrogen-bond donors (Lipinski definition) is 1. The standard InChI is InChI=1S/C18H10N2O5/c21-16-11-6-2-4-8-14(11)25-18(23)15(16)20-19-12-9-10-5-1-3-7-13(10)24-17(12)22/h1-9,21H. The Hall–Kier alpha value is -3.74. The molecule has 0 fully saturated rings. The lowest BCUT2D eigenvalue weighted by atomic mass is 10.2. The lowest BCUT2D eigenvalue weighted by Gasteiger charge is -2.01. The highest BCUT2D eigenvalue weighted by Crippen LogP contribution is 2.32. The van der Waals surface area contributed by atoms with Crippen LogP contribution in [-0.2, 0) is 0 Å². The third-order valence-corrected chi connectivity index (χ3v) is 3.64. The Morgan fingerprint density at radius 3 is 2.32 bits per heavy atom. The van der Waals surface area contributed by atoms with Crippen molar-refractivity contribution in [1.29, 1.82) is 0 Å². The van der Waals surface area contributed by atoms with Gasteiger partial charge in [-0.15, -0.1) is 10.2 Å². The van der Waals surface area contributed by atoms with E-state index in [1.807, 2.05) is 0 Å². The molecule has 2 aromatic heterocycles. The summed E-state index contributed by atoms with van der Waals surface area (Å²) >= 11 is 0. The molecule has 0 aliphatic heterocycles. The minimum atomic E-state index is -0.856. The average Bonchev–Trinajstić information content (AvgIpc) is 2.61. The second-order valence-electron chi connectivity index (χ2n) is 5.24. The van der Waals surface area contributed by atoms with Crippen molar-refractivity contribution < 1.29 is 13.9 Å². The van der Waals surface area contributed by atoms with E-state index >= 15 is 0 Å². The van der Waals surface area contributed by atoms with Crippen molar-refractivity contribution in [2.45, 2.75) is 0 Å². The van der Waals surface area contributed by atoms with Gasteiger partial charge in [0.25, 0.3) is 0 Å². The molecule has 0 atom stereocenters. The summed E-state index contributed by atoms with van der Waals surface area (Å²) in [4.78, 5) is 23.9. The number of azo groups is 1. The molecule has 25 heavy (non-hydrogen) atoms. The van der Waals surface area contributed by atoms with E-state index in [9.17, 15) is 14.7 Å². The van der Waals surface area contributed by atoms with Gasteiger partial charge in [0, 0.05) is 5.39 Å². The first-order valence-electron chi connectivity index (χ1n) is 7.33. The fourth-order valence-electron chi connectivity index (χ4n) is 2.44. The molecule has 0 amide bonds. The summed E-state index contributed by atoms with van der Waals surface area (Å²) in [6, 6.07) is 14.9. The van der Waals surface area contributed by atoms with Gasteiger partial charge in [0.15, 0.2) is 11.4 Å². The molecular formula is C18H10N2O5. The van der Waals surface area contributed by atoms with Crippen molar-refractivity contribution in [3.63, 3.8) is 0 Å². The van der Waals surface area contributed by atoms with Crippen molar-refractivity contribution in [2.75, 3.05) is 0 Å². The van der Waals surface area contributed by atoms with Crippen LogP contribution < -0.4 is 11.3 Å². The molecule has 0 aliphatic carbocycles. The topological polar surface area (TPSA) is 105 Å². The summed E-state index contributed by atoms with van der Waals surface area (Å²) in [5, 5.41) is 18.7. The zero-order valence-electron chi connectivity index (χ0n) is 12.7. The van der Waals surface area contributed by atoms with E-state index in [4.69, 9.17) is 8.83 Å². The Bertz CT molecular complexity index is 1250. The van der Waals surface area contributed by atoms with Crippen LogP contribution in [0, 0.1) is 0 Å². The van der Waals surface area contributed by atoms with E-state index < -0.39 is 11.3 Å². The Balaban J connectivity index is 1.85. The molecule has 1 N–H and O–H groups in total. The number of nitrogens with zero attached hydrogens (tertiary/aromatic N) is 2. The van der Waals surface area contributed by atoms with E-state index in [2.05, 4.69) is 10.2 Å². The minimum Gasteiger partial charge on any atom is -0.505 e. The van der Waals surface area contributed by atoms with Gasteiger partial charge < -0.3 is 13.9 Å². The quantitative estimate of drug-likeness (QED) is 0.440. The van der Waals surface area contributed by atoms with Crippen LogP contribution in [0.15, 0.2) is 83.2 Å². The van der Waals surface area contributed by atoms with Gasteiger partial charge in [-0.25, -0.2) is 9.59 Å². The maximum Gasteiger partial charge on any atom is 0.368 e. The van der Waals surface area contributed by atoms with Gasteiger partial charge in [-0.05, 0) is 24.3 Å². The van der Waals surface area contributed by atoms with Crippen LogP contribution in [0.1, 0.15) is 0 Å². The first-order valence-corrected chi connectivity index (χ1v) is 7.33. The smallest absolute Gasteiger partial charge is 0.368 e. The first kappa shape index (κ1) is 14.8. The highest BCUT2D eigenvalue weighted by atomic mass is 16.4. The van der Waals surface area contributed by atoms with Crippen LogP contribution in [0.4, 0.5) is 11.4 Å². The van der Waals surface area contributed by atoms with E-state index in [0.717, 1.165) is 0 Å². The van der Waals surface area contributed by atoms with Gasteiger partial charge in [-0.3, -0.25) is 0 Å². The predicted molar refractivity (Wildman–Crippen MR) is 90.8 cm³/mol. The second kappa shape index (κ2) is 5.72. The average molecular weight is 334 g/mol. The van der Waals surface area contributed by atoms with Crippen molar-refractivity contribution >= 4 is 33.3 Å². The van der Waals surface area contributed by atoms with E-state index in [1.165, 1.54) is 6.07 Å². The Kier molecular flexibility index (Phi) is 3.39.